The molecule has 4 nitrogen and oxygen atoms in total. The number of furan rings is 1. The van der Waals surface area contributed by atoms with Gasteiger partial charge in [-0.3, -0.25) is 4.79 Å². The number of hydrogen-bond acceptors (Lipinski definition) is 3. The van der Waals surface area contributed by atoms with Gasteiger partial charge in [0.2, 0.25) is 0 Å². The van der Waals surface area contributed by atoms with Gasteiger partial charge in [-0.1, -0.05) is 30.3 Å². The Morgan fingerprint density at radius 2 is 2.00 bits per heavy atom. The van der Waals surface area contributed by atoms with Crippen LogP contribution in [0, 0.1) is 0 Å². The van der Waals surface area contributed by atoms with Crippen LogP contribution in [0.5, 0.6) is 0 Å². The van der Waals surface area contributed by atoms with Crippen LogP contribution in [0.2, 0.25) is 0 Å². The molecule has 1 aliphatic heterocycles. The van der Waals surface area contributed by atoms with E-state index in [0.717, 1.165) is 28.6 Å². The van der Waals surface area contributed by atoms with E-state index in [4.69, 9.17) is 10.2 Å². The molecule has 0 bridgehead atoms. The number of fused-ring (bicyclic) bond motifs is 2. The topological polar surface area (TPSA) is 59.5 Å². The third-order valence-corrected chi connectivity index (χ3v) is 3.91. The summed E-state index contributed by atoms with van der Waals surface area (Å²) in [6.45, 7) is 0.638. The fourth-order valence-corrected chi connectivity index (χ4v) is 2.91. The largest absolute Gasteiger partial charge is 0.451 e. The van der Waals surface area contributed by atoms with Gasteiger partial charge >= 0.3 is 0 Å². The maximum atomic E-state index is 12.7. The van der Waals surface area contributed by atoms with Crippen molar-refractivity contribution in [2.24, 2.45) is 0 Å². The Balaban J connectivity index is 1.77. The second kappa shape index (κ2) is 4.38. The number of carbonyl (C=O) groups excluding carboxylic acids is 1. The van der Waals surface area contributed by atoms with Gasteiger partial charge in [0.05, 0.1) is 11.4 Å². The lowest BCUT2D eigenvalue weighted by molar-refractivity contribution is 0.0965. The number of benzene rings is 2. The number of nitrogen functional groups attached to an aromatic ring is 1. The summed E-state index contributed by atoms with van der Waals surface area (Å²) < 4.78 is 5.67. The summed E-state index contributed by atoms with van der Waals surface area (Å²) in [5, 5.41) is 0.932. The van der Waals surface area contributed by atoms with Crippen molar-refractivity contribution in [1.82, 2.24) is 0 Å². The predicted molar refractivity (Wildman–Crippen MR) is 82.4 cm³/mol. The van der Waals surface area contributed by atoms with Crippen LogP contribution in [-0.4, -0.2) is 12.5 Å². The Labute approximate surface area is 121 Å². The number of para-hydroxylation sites is 2. The number of rotatable bonds is 1. The molecule has 2 aromatic carbocycles. The minimum Gasteiger partial charge on any atom is -0.451 e. The standard InChI is InChI=1S/C17H14N2O2/c18-13-6-3-5-11-8-9-19(16(11)13)17(20)15-10-12-4-1-2-7-14(12)21-15/h1-7,10H,8-9,18H2. The Morgan fingerprint density at radius 1 is 1.14 bits per heavy atom. The molecule has 0 saturated carbocycles. The molecule has 0 radical (unpaired) electrons. The molecule has 0 unspecified atom stereocenters. The molecule has 1 aromatic heterocycles. The lowest BCUT2D eigenvalue weighted by Crippen LogP contribution is -2.29. The van der Waals surface area contributed by atoms with Crippen molar-refractivity contribution < 1.29 is 9.21 Å². The normalized spacial score (nSPS) is 13.6. The first-order valence-corrected chi connectivity index (χ1v) is 6.92. The van der Waals surface area contributed by atoms with Gasteiger partial charge in [0.1, 0.15) is 5.58 Å². The van der Waals surface area contributed by atoms with Crippen molar-refractivity contribution in [2.75, 3.05) is 17.2 Å². The lowest BCUT2D eigenvalue weighted by Gasteiger charge is -2.17. The molecule has 0 fully saturated rings. The molecule has 1 amide bonds. The SMILES string of the molecule is Nc1cccc2c1N(C(=O)c1cc3ccccc3o1)CC2. The summed E-state index contributed by atoms with van der Waals surface area (Å²) in [5.74, 6) is 0.218. The minimum absolute atomic E-state index is 0.136. The van der Waals surface area contributed by atoms with Gasteiger partial charge in [-0.15, -0.1) is 0 Å². The highest BCUT2D eigenvalue weighted by Gasteiger charge is 2.29. The maximum Gasteiger partial charge on any atom is 0.294 e. The van der Waals surface area contributed by atoms with E-state index in [0.29, 0.717) is 18.0 Å². The van der Waals surface area contributed by atoms with E-state index in [-0.39, 0.29) is 5.91 Å². The Morgan fingerprint density at radius 3 is 2.86 bits per heavy atom. The van der Waals surface area contributed by atoms with Gasteiger partial charge in [-0.05, 0) is 30.2 Å². The van der Waals surface area contributed by atoms with Crippen LogP contribution >= 0.6 is 0 Å². The molecule has 0 spiro atoms. The van der Waals surface area contributed by atoms with Crippen molar-refractivity contribution >= 4 is 28.3 Å². The number of amides is 1. The van der Waals surface area contributed by atoms with Gasteiger partial charge in [0.25, 0.3) is 5.91 Å². The van der Waals surface area contributed by atoms with Crippen molar-refractivity contribution in [3.05, 3.63) is 59.9 Å². The summed E-state index contributed by atoms with van der Waals surface area (Å²) >= 11 is 0. The molecular weight excluding hydrogens is 264 g/mol. The van der Waals surface area contributed by atoms with Crippen LogP contribution in [0.1, 0.15) is 16.1 Å². The molecule has 1 aliphatic rings. The van der Waals surface area contributed by atoms with Crippen molar-refractivity contribution in [3.8, 4) is 0 Å². The first kappa shape index (κ1) is 12.0. The number of anilines is 2. The quantitative estimate of drug-likeness (QED) is 0.695. The van der Waals surface area contributed by atoms with Crippen LogP contribution < -0.4 is 10.6 Å². The molecule has 0 atom stereocenters. The number of nitrogens with two attached hydrogens (primary N) is 1. The molecule has 4 rings (SSSR count). The zero-order chi connectivity index (χ0) is 14.4. The molecule has 3 aromatic rings. The third kappa shape index (κ3) is 1.80. The van der Waals surface area contributed by atoms with Gasteiger partial charge in [0, 0.05) is 11.9 Å². The van der Waals surface area contributed by atoms with E-state index in [1.165, 1.54) is 0 Å². The molecular formula is C17H14N2O2. The third-order valence-electron chi connectivity index (χ3n) is 3.91. The van der Waals surface area contributed by atoms with E-state index in [1.807, 2.05) is 42.5 Å². The van der Waals surface area contributed by atoms with Crippen molar-refractivity contribution in [2.45, 2.75) is 6.42 Å². The predicted octanol–water partition coefficient (Wildman–Crippen LogP) is 3.22. The monoisotopic (exact) mass is 278 g/mol. The second-order valence-electron chi connectivity index (χ2n) is 5.21. The van der Waals surface area contributed by atoms with Crippen LogP contribution in [-0.2, 0) is 6.42 Å². The summed E-state index contributed by atoms with van der Waals surface area (Å²) in [5.41, 5.74) is 9.32. The molecule has 2 N–H and O–H groups in total. The Kier molecular flexibility index (Phi) is 2.51. The van der Waals surface area contributed by atoms with Gasteiger partial charge in [-0.2, -0.15) is 0 Å². The summed E-state index contributed by atoms with van der Waals surface area (Å²) in [4.78, 5) is 14.4. The van der Waals surface area contributed by atoms with Crippen molar-refractivity contribution in [3.63, 3.8) is 0 Å². The van der Waals surface area contributed by atoms with Gasteiger partial charge in [0.15, 0.2) is 5.76 Å². The van der Waals surface area contributed by atoms with Crippen LogP contribution in [0.4, 0.5) is 11.4 Å². The second-order valence-corrected chi connectivity index (χ2v) is 5.21. The van der Waals surface area contributed by atoms with E-state index >= 15 is 0 Å². The first-order valence-electron chi connectivity index (χ1n) is 6.92. The zero-order valence-electron chi connectivity index (χ0n) is 11.4. The van der Waals surface area contributed by atoms with E-state index in [2.05, 4.69) is 0 Å². The van der Waals surface area contributed by atoms with Gasteiger partial charge in [-0.25, -0.2) is 0 Å². The first-order chi connectivity index (χ1) is 10.2. The fourth-order valence-electron chi connectivity index (χ4n) is 2.91. The van der Waals surface area contributed by atoms with Crippen LogP contribution in [0.15, 0.2) is 52.9 Å². The summed E-state index contributed by atoms with van der Waals surface area (Å²) in [6, 6.07) is 15.2. The fraction of sp³-hybridized carbons (Fsp3) is 0.118. The van der Waals surface area contributed by atoms with Gasteiger partial charge < -0.3 is 15.1 Å². The van der Waals surface area contributed by atoms with Crippen LogP contribution in [0.25, 0.3) is 11.0 Å². The number of carbonyl (C=O) groups is 1. The summed E-state index contributed by atoms with van der Waals surface area (Å²) in [6.07, 6.45) is 0.826. The Hall–Kier alpha value is -2.75. The lowest BCUT2D eigenvalue weighted by atomic mass is 10.1. The van der Waals surface area contributed by atoms with E-state index in [9.17, 15) is 4.79 Å². The van der Waals surface area contributed by atoms with Crippen molar-refractivity contribution in [1.29, 1.82) is 0 Å². The smallest absolute Gasteiger partial charge is 0.294 e. The molecule has 104 valence electrons. The maximum absolute atomic E-state index is 12.7. The molecule has 0 aliphatic carbocycles. The highest BCUT2D eigenvalue weighted by molar-refractivity contribution is 6.09. The highest BCUT2D eigenvalue weighted by atomic mass is 16.3. The van der Waals surface area contributed by atoms with E-state index in [1.54, 1.807) is 11.0 Å². The molecule has 2 heterocycles. The molecule has 4 heteroatoms. The average Bonchev–Trinajstić information content (AvgIpc) is 3.11. The summed E-state index contributed by atoms with van der Waals surface area (Å²) in [7, 11) is 0. The molecule has 0 saturated heterocycles. The highest BCUT2D eigenvalue weighted by Crippen LogP contribution is 2.35. The average molecular weight is 278 g/mol. The zero-order valence-corrected chi connectivity index (χ0v) is 11.4. The Bertz CT molecular complexity index is 818. The molecule has 21 heavy (non-hydrogen) atoms. The number of nitrogens with zero attached hydrogens (tertiary/aromatic N) is 1. The minimum atomic E-state index is -0.136. The number of hydrogen-bond donors (Lipinski definition) is 1. The van der Waals surface area contributed by atoms with E-state index < -0.39 is 0 Å². The van der Waals surface area contributed by atoms with Crippen LogP contribution in [0.3, 0.4) is 0 Å².